The quantitative estimate of drug-likeness (QED) is 0.729. The second-order valence-electron chi connectivity index (χ2n) is 2.92. The van der Waals surface area contributed by atoms with Crippen molar-refractivity contribution < 1.29 is 14.3 Å². The standard InChI is InChI=1S/C10H10O3/c1-6-3-7-4-8(11)5-9(12-2)10(7)13-6/h3-5,11H,1-2H3. The van der Waals surface area contributed by atoms with Gasteiger partial charge in [-0.1, -0.05) is 0 Å². The Hall–Kier alpha value is -1.64. The van der Waals surface area contributed by atoms with Gasteiger partial charge in [0.1, 0.15) is 11.5 Å². The van der Waals surface area contributed by atoms with E-state index in [1.165, 1.54) is 6.07 Å². The van der Waals surface area contributed by atoms with Crippen molar-refractivity contribution in [2.45, 2.75) is 6.92 Å². The van der Waals surface area contributed by atoms with Gasteiger partial charge in [0, 0.05) is 11.5 Å². The first kappa shape index (κ1) is 7.98. The maximum Gasteiger partial charge on any atom is 0.176 e. The van der Waals surface area contributed by atoms with Gasteiger partial charge in [-0.05, 0) is 19.1 Å². The Balaban J connectivity index is 2.80. The number of aryl methyl sites for hydroxylation is 1. The van der Waals surface area contributed by atoms with Crippen molar-refractivity contribution >= 4 is 11.0 Å². The first-order valence-corrected chi connectivity index (χ1v) is 3.98. The van der Waals surface area contributed by atoms with Gasteiger partial charge in [-0.15, -0.1) is 0 Å². The van der Waals surface area contributed by atoms with Crippen molar-refractivity contribution in [3.63, 3.8) is 0 Å². The molecule has 13 heavy (non-hydrogen) atoms. The molecular weight excluding hydrogens is 168 g/mol. The Morgan fingerprint density at radius 3 is 2.77 bits per heavy atom. The molecular formula is C10H10O3. The van der Waals surface area contributed by atoms with Gasteiger partial charge in [-0.25, -0.2) is 0 Å². The van der Waals surface area contributed by atoms with Gasteiger partial charge >= 0.3 is 0 Å². The van der Waals surface area contributed by atoms with E-state index in [-0.39, 0.29) is 5.75 Å². The first-order valence-electron chi connectivity index (χ1n) is 3.98. The number of phenols is 1. The van der Waals surface area contributed by atoms with Crippen molar-refractivity contribution in [1.82, 2.24) is 0 Å². The average Bonchev–Trinajstić information content (AvgIpc) is 2.43. The van der Waals surface area contributed by atoms with Gasteiger partial charge < -0.3 is 14.3 Å². The fourth-order valence-electron chi connectivity index (χ4n) is 1.39. The number of phenolic OH excluding ortho intramolecular Hbond substituents is 1. The molecule has 0 aliphatic rings. The second-order valence-corrected chi connectivity index (χ2v) is 2.92. The first-order chi connectivity index (χ1) is 6.20. The number of furan rings is 1. The smallest absolute Gasteiger partial charge is 0.176 e. The number of ether oxygens (including phenoxy) is 1. The third kappa shape index (κ3) is 1.22. The number of aromatic hydroxyl groups is 1. The molecule has 0 unspecified atom stereocenters. The van der Waals surface area contributed by atoms with E-state index in [0.29, 0.717) is 11.3 Å². The molecule has 0 amide bonds. The van der Waals surface area contributed by atoms with Gasteiger partial charge in [0.05, 0.1) is 7.11 Å². The molecule has 68 valence electrons. The zero-order chi connectivity index (χ0) is 9.42. The van der Waals surface area contributed by atoms with Gasteiger partial charge in [0.25, 0.3) is 0 Å². The minimum atomic E-state index is 0.185. The maximum atomic E-state index is 9.33. The van der Waals surface area contributed by atoms with Gasteiger partial charge in [-0.3, -0.25) is 0 Å². The second kappa shape index (κ2) is 2.69. The summed E-state index contributed by atoms with van der Waals surface area (Å²) in [7, 11) is 1.55. The molecule has 0 saturated heterocycles. The van der Waals surface area contributed by atoms with Crippen molar-refractivity contribution in [3.8, 4) is 11.5 Å². The van der Waals surface area contributed by atoms with E-state index < -0.39 is 0 Å². The summed E-state index contributed by atoms with van der Waals surface area (Å²) in [5.74, 6) is 1.55. The zero-order valence-electron chi connectivity index (χ0n) is 7.50. The van der Waals surface area contributed by atoms with Crippen molar-refractivity contribution in [1.29, 1.82) is 0 Å². The molecule has 3 nitrogen and oxygen atoms in total. The molecule has 1 N–H and O–H groups in total. The summed E-state index contributed by atoms with van der Waals surface area (Å²) in [5.41, 5.74) is 0.679. The van der Waals surface area contributed by atoms with E-state index in [1.54, 1.807) is 13.2 Å². The van der Waals surface area contributed by atoms with Crippen LogP contribution in [0.5, 0.6) is 11.5 Å². The van der Waals surface area contributed by atoms with Crippen molar-refractivity contribution in [2.75, 3.05) is 7.11 Å². The lowest BCUT2D eigenvalue weighted by Gasteiger charge is -2.00. The Morgan fingerprint density at radius 1 is 1.31 bits per heavy atom. The summed E-state index contributed by atoms with van der Waals surface area (Å²) in [6.07, 6.45) is 0. The molecule has 1 aromatic carbocycles. The van der Waals surface area contributed by atoms with Crippen LogP contribution >= 0.6 is 0 Å². The van der Waals surface area contributed by atoms with Crippen LogP contribution < -0.4 is 4.74 Å². The molecule has 1 heterocycles. The summed E-state index contributed by atoms with van der Waals surface area (Å²) in [6, 6.07) is 5.04. The van der Waals surface area contributed by atoms with Crippen LogP contribution in [0.1, 0.15) is 5.76 Å². The van der Waals surface area contributed by atoms with Crippen LogP contribution in [0.15, 0.2) is 22.6 Å². The lowest BCUT2D eigenvalue weighted by atomic mass is 10.2. The summed E-state index contributed by atoms with van der Waals surface area (Å²) in [5, 5.41) is 10.2. The topological polar surface area (TPSA) is 42.6 Å². The molecule has 0 atom stereocenters. The van der Waals surface area contributed by atoms with Gasteiger partial charge in [0.2, 0.25) is 0 Å². The van der Waals surface area contributed by atoms with E-state index in [4.69, 9.17) is 9.15 Å². The summed E-state index contributed by atoms with van der Waals surface area (Å²) >= 11 is 0. The summed E-state index contributed by atoms with van der Waals surface area (Å²) < 4.78 is 10.5. The predicted octanol–water partition coefficient (Wildman–Crippen LogP) is 2.46. The molecule has 2 aromatic rings. The monoisotopic (exact) mass is 178 g/mol. The molecule has 0 radical (unpaired) electrons. The fraction of sp³-hybridized carbons (Fsp3) is 0.200. The number of hydrogen-bond donors (Lipinski definition) is 1. The van der Waals surface area contributed by atoms with Crippen molar-refractivity contribution in [3.05, 3.63) is 24.0 Å². The van der Waals surface area contributed by atoms with Crippen molar-refractivity contribution in [2.24, 2.45) is 0 Å². The van der Waals surface area contributed by atoms with Crippen LogP contribution in [0.3, 0.4) is 0 Å². The fourth-order valence-corrected chi connectivity index (χ4v) is 1.39. The van der Waals surface area contributed by atoms with Crippen LogP contribution in [-0.2, 0) is 0 Å². The average molecular weight is 178 g/mol. The highest BCUT2D eigenvalue weighted by molar-refractivity contribution is 5.85. The minimum absolute atomic E-state index is 0.185. The molecule has 2 rings (SSSR count). The number of fused-ring (bicyclic) bond motifs is 1. The van der Waals surface area contributed by atoms with E-state index in [2.05, 4.69) is 0 Å². The highest BCUT2D eigenvalue weighted by atomic mass is 16.5. The zero-order valence-corrected chi connectivity index (χ0v) is 7.50. The molecule has 0 saturated carbocycles. The lowest BCUT2D eigenvalue weighted by Crippen LogP contribution is -1.82. The molecule has 3 heteroatoms. The van der Waals surface area contributed by atoms with E-state index >= 15 is 0 Å². The normalized spacial score (nSPS) is 10.6. The molecule has 0 aliphatic carbocycles. The predicted molar refractivity (Wildman–Crippen MR) is 49.2 cm³/mol. The molecule has 1 aromatic heterocycles. The number of hydrogen-bond acceptors (Lipinski definition) is 3. The van der Waals surface area contributed by atoms with Gasteiger partial charge in [-0.2, -0.15) is 0 Å². The lowest BCUT2D eigenvalue weighted by molar-refractivity contribution is 0.402. The van der Waals surface area contributed by atoms with Crippen LogP contribution in [0, 0.1) is 6.92 Å². The van der Waals surface area contributed by atoms with Crippen LogP contribution in [0.4, 0.5) is 0 Å². The van der Waals surface area contributed by atoms with E-state index in [1.807, 2.05) is 13.0 Å². The van der Waals surface area contributed by atoms with E-state index in [9.17, 15) is 5.11 Å². The summed E-state index contributed by atoms with van der Waals surface area (Å²) in [4.78, 5) is 0. The summed E-state index contributed by atoms with van der Waals surface area (Å²) in [6.45, 7) is 1.86. The Bertz CT molecular complexity index is 443. The minimum Gasteiger partial charge on any atom is -0.508 e. The SMILES string of the molecule is COc1cc(O)cc2cc(C)oc12. The Labute approximate surface area is 75.5 Å². The number of rotatable bonds is 1. The van der Waals surface area contributed by atoms with E-state index in [0.717, 1.165) is 11.1 Å². The molecule has 0 aliphatic heterocycles. The van der Waals surface area contributed by atoms with Crippen LogP contribution in [0.2, 0.25) is 0 Å². The third-order valence-corrected chi connectivity index (χ3v) is 1.91. The number of methoxy groups -OCH3 is 1. The third-order valence-electron chi connectivity index (χ3n) is 1.91. The Morgan fingerprint density at radius 2 is 2.08 bits per heavy atom. The highest BCUT2D eigenvalue weighted by Gasteiger charge is 2.08. The van der Waals surface area contributed by atoms with Gasteiger partial charge in [0.15, 0.2) is 11.3 Å². The number of benzene rings is 1. The molecule has 0 fully saturated rings. The largest absolute Gasteiger partial charge is 0.508 e. The molecule has 0 bridgehead atoms. The molecule has 0 spiro atoms. The van der Waals surface area contributed by atoms with Crippen LogP contribution in [-0.4, -0.2) is 12.2 Å². The maximum absolute atomic E-state index is 9.33. The van der Waals surface area contributed by atoms with Crippen LogP contribution in [0.25, 0.3) is 11.0 Å². The highest BCUT2D eigenvalue weighted by Crippen LogP contribution is 2.32. The Kier molecular flexibility index (Phi) is 1.65.